The molecular weight excluding hydrogens is 1850 g/mol. The van der Waals surface area contributed by atoms with Crippen molar-refractivity contribution in [3.63, 3.8) is 0 Å². The summed E-state index contributed by atoms with van der Waals surface area (Å²) in [5, 5.41) is 84.2. The molecule has 0 bridgehead atoms. The first-order chi connectivity index (χ1) is 53.3. The number of carboxylic acid groups (broad SMARTS) is 1. The van der Waals surface area contributed by atoms with E-state index in [1.54, 1.807) is 115 Å². The van der Waals surface area contributed by atoms with Gasteiger partial charge >= 0.3 is 65.4 Å². The zero-order chi connectivity index (χ0) is 84.6. The molecule has 37 heteroatoms. The van der Waals surface area contributed by atoms with Crippen LogP contribution in [-0.2, 0) is 87.3 Å². The standard InChI is InChI=1S/C18H16Cl2O5.2C16H14Cl2O4.C9H10O4.C8H8O4.C7H5BrCl2.CH3I.CH2O3.CH4O.Na.H2O/c1-11(21)25-17(18(22)23-2)13-4-6-14(7-5-13)24-10-12-3-8-15(19)16(20)9-12;2*1-21-16(20)15(19)11-3-5-12(6-4-11)22-9-10-2-7-13(17)14(18)8-10;1-13-9(12)8(11)6-2-4-7(10)5-3-6;9-6-3-1-5(2-4-6)7(10)8(11)12;8-4-5-1-2-6(9)7(10)3-5;1-2;2-1-4-3;1-2;;/h3-9,17H,10H2,1-2H3;2*2-8,15,19H,9H2,1H3;2-5,8,10-11H,1H3;1-4,7,9-10H,(H,11,12);1-3H,4H2;1H3;1,3H;2H,1H3;;1H2/q;;;;;;;;;+1;/p-1/t17-;15-;;;;;;;;;/m01........./s1. The number of esters is 5. The third-order valence-electron chi connectivity index (χ3n) is 13.5. The van der Waals surface area contributed by atoms with Crippen molar-refractivity contribution in [2.75, 3.05) is 40.5 Å². The predicted molar refractivity (Wildman–Crippen MR) is 436 cm³/mol. The summed E-state index contributed by atoms with van der Waals surface area (Å²) in [6, 6.07) is 52.1. The second-order valence-electron chi connectivity index (χ2n) is 21.1. The first-order valence-electron chi connectivity index (χ1n) is 31.4. The number of ether oxygens (including phenoxy) is 8. The maximum atomic E-state index is 11.7. The Bertz CT molecular complexity index is 4220. The van der Waals surface area contributed by atoms with Crippen LogP contribution in [0.3, 0.4) is 0 Å². The number of aliphatic carboxylic acids is 1. The maximum Gasteiger partial charge on any atom is 1.00 e. The van der Waals surface area contributed by atoms with E-state index in [1.165, 1.54) is 83.9 Å². The number of aliphatic hydroxyl groups excluding tert-OH is 5. The van der Waals surface area contributed by atoms with E-state index in [2.05, 4.69) is 62.4 Å². The van der Waals surface area contributed by atoms with Crippen molar-refractivity contribution in [3.05, 3.63) is 284 Å². The minimum atomic E-state index is -1.52. The van der Waals surface area contributed by atoms with Crippen molar-refractivity contribution in [1.82, 2.24) is 0 Å². The molecule has 0 aliphatic rings. The van der Waals surface area contributed by atoms with Gasteiger partial charge in [-0.2, -0.15) is 0 Å². The molecule has 9 rings (SSSR count). The van der Waals surface area contributed by atoms with E-state index in [9.17, 15) is 44.1 Å². The second-order valence-corrected chi connectivity index (χ2v) is 24.9. The molecule has 0 aromatic heterocycles. The first-order valence-corrected chi connectivity index (χ1v) is 37.7. The molecular formula is C77H77BrCl8INaO26. The van der Waals surface area contributed by atoms with Gasteiger partial charge in [0.05, 0.1) is 68.6 Å². The summed E-state index contributed by atoms with van der Waals surface area (Å²) in [6.07, 6.45) is -6.51. The number of carboxylic acids is 1. The van der Waals surface area contributed by atoms with Crippen molar-refractivity contribution >= 4 is 174 Å². The van der Waals surface area contributed by atoms with E-state index in [1.807, 2.05) is 35.3 Å². The Morgan fingerprint density at radius 1 is 0.412 bits per heavy atom. The summed E-state index contributed by atoms with van der Waals surface area (Å²) >= 11 is 52.3. The molecule has 10 N–H and O–H groups in total. The molecule has 9 aromatic carbocycles. The Morgan fingerprint density at radius 3 is 0.877 bits per heavy atom. The fourth-order valence-electron chi connectivity index (χ4n) is 7.97. The average Bonchev–Trinajstić information content (AvgIpc) is 0.832. The minimum absolute atomic E-state index is 0. The van der Waals surface area contributed by atoms with Gasteiger partial charge in [0.15, 0.2) is 24.4 Å². The Kier molecular flexibility index (Phi) is 58.0. The van der Waals surface area contributed by atoms with Crippen molar-refractivity contribution < 1.29 is 157 Å². The van der Waals surface area contributed by atoms with Crippen molar-refractivity contribution in [3.8, 4) is 28.7 Å². The van der Waals surface area contributed by atoms with Gasteiger partial charge in [-0.25, -0.2) is 24.0 Å². The number of phenolic OH excluding ortho intramolecular Hbond substituents is 2. The number of halogens is 10. The van der Waals surface area contributed by atoms with E-state index in [4.69, 9.17) is 147 Å². The molecule has 0 fully saturated rings. The maximum absolute atomic E-state index is 11.7. The Labute approximate surface area is 740 Å². The number of hydrogen-bond acceptors (Lipinski definition) is 24. The number of rotatable bonds is 22. The smallest absolute Gasteiger partial charge is 0.662 e. The summed E-state index contributed by atoms with van der Waals surface area (Å²) < 4.78 is 39.8. The number of phenols is 2. The Balaban J connectivity index is 0. The van der Waals surface area contributed by atoms with Crippen molar-refractivity contribution in [1.29, 1.82) is 0 Å². The molecule has 0 saturated heterocycles. The van der Waals surface area contributed by atoms with Crippen molar-refractivity contribution in [2.24, 2.45) is 0 Å². The van der Waals surface area contributed by atoms with Crippen LogP contribution < -0.4 is 49.0 Å². The minimum Gasteiger partial charge on any atom is -0.662 e. The second kappa shape index (κ2) is 61.0. The summed E-state index contributed by atoms with van der Waals surface area (Å²) in [6.45, 7) is 2.01. The molecule has 0 amide bonds. The zero-order valence-electron chi connectivity index (χ0n) is 61.6. The van der Waals surface area contributed by atoms with Crippen LogP contribution in [0.4, 0.5) is 0 Å². The summed E-state index contributed by atoms with van der Waals surface area (Å²) in [5.41, 5.74) is 5.78. The zero-order valence-corrected chi connectivity index (χ0v) is 73.4. The van der Waals surface area contributed by atoms with Crippen LogP contribution in [0.2, 0.25) is 40.2 Å². The van der Waals surface area contributed by atoms with E-state index >= 15 is 0 Å². The molecule has 0 saturated carbocycles. The molecule has 9 aromatic rings. The molecule has 0 aliphatic heterocycles. The van der Waals surface area contributed by atoms with E-state index in [-0.39, 0.29) is 58.6 Å². The SMILES string of the molecule is CI.CO.COC(=O)C(O)c1ccc(O)cc1.COC(=O)C(O)c1ccc(OCc2ccc(Cl)c(Cl)c2)cc1.COC(=O)[C@@H](OC(C)=O)c1ccc(OCc2ccc(Cl)c(Cl)c2)cc1.COC(=O)[C@H](O)c1ccc(OCc2ccc(Cl)c(Cl)c2)cc1.Clc1ccc(CBr)cc1Cl.O.O=C(O)C(O)c1ccc(O)cc1.O=CO[O-].[Na+]. The number of hydrogen-bond donors (Lipinski definition) is 8. The molecule has 0 aliphatic carbocycles. The summed E-state index contributed by atoms with van der Waals surface area (Å²) in [5.74, 6) is -2.74. The molecule has 612 valence electrons. The number of carbonyl (C=O) groups is 7. The summed E-state index contributed by atoms with van der Waals surface area (Å²) in [7, 11) is 5.88. The fraction of sp³-hybridized carbons (Fsp3) is 0.208. The Hall–Kier alpha value is -7.48. The van der Waals surface area contributed by atoms with Gasteiger partial charge in [0.25, 0.3) is 6.47 Å². The number of benzene rings is 9. The molecule has 5 atom stereocenters. The van der Waals surface area contributed by atoms with Gasteiger partial charge in [0.2, 0.25) is 6.10 Å². The topological polar surface area (TPSA) is 419 Å². The first kappa shape index (κ1) is 109. The van der Waals surface area contributed by atoms with Crippen LogP contribution in [-0.4, -0.2) is 129 Å². The monoisotopic (exact) mass is 1930 g/mol. The van der Waals surface area contributed by atoms with Gasteiger partial charge in [-0.3, -0.25) is 9.59 Å². The van der Waals surface area contributed by atoms with Gasteiger partial charge in [-0.1, -0.05) is 216 Å². The number of methoxy groups -OCH3 is 4. The van der Waals surface area contributed by atoms with Gasteiger partial charge in [0, 0.05) is 24.9 Å². The average molecular weight is 1930 g/mol. The number of aromatic hydroxyl groups is 2. The van der Waals surface area contributed by atoms with Crippen LogP contribution in [0.5, 0.6) is 28.7 Å². The molecule has 114 heavy (non-hydrogen) atoms. The van der Waals surface area contributed by atoms with Gasteiger partial charge in [-0.05, 0) is 159 Å². The van der Waals surface area contributed by atoms with Gasteiger partial charge in [-0.15, -0.1) is 0 Å². The van der Waals surface area contributed by atoms with Gasteiger partial charge in [0.1, 0.15) is 48.6 Å². The third-order valence-corrected chi connectivity index (χ3v) is 17.1. The van der Waals surface area contributed by atoms with Gasteiger partial charge < -0.3 is 94.4 Å². The van der Waals surface area contributed by atoms with Crippen LogP contribution in [0.25, 0.3) is 0 Å². The predicted octanol–water partition coefficient (Wildman–Crippen LogP) is 12.2. The van der Waals surface area contributed by atoms with Crippen LogP contribution in [0, 0.1) is 0 Å². The molecule has 0 spiro atoms. The van der Waals surface area contributed by atoms with E-state index in [0.29, 0.717) is 99.5 Å². The quantitative estimate of drug-likeness (QED) is 0.00456. The number of alkyl halides is 2. The fourth-order valence-corrected chi connectivity index (χ4v) is 9.60. The number of aliphatic hydroxyl groups is 5. The molecule has 26 nitrogen and oxygen atoms in total. The Morgan fingerprint density at radius 2 is 0.649 bits per heavy atom. The summed E-state index contributed by atoms with van der Waals surface area (Å²) in [4.78, 5) is 79.7. The third kappa shape index (κ3) is 41.4. The van der Waals surface area contributed by atoms with Crippen LogP contribution >= 0.6 is 131 Å². The number of carbonyl (C=O) groups excluding carboxylic acids is 6. The van der Waals surface area contributed by atoms with E-state index in [0.717, 1.165) is 34.7 Å². The molecule has 3 unspecified atom stereocenters. The van der Waals surface area contributed by atoms with Crippen LogP contribution in [0.15, 0.2) is 194 Å². The van der Waals surface area contributed by atoms with Crippen molar-refractivity contribution in [2.45, 2.75) is 62.6 Å². The molecule has 0 heterocycles. The van der Waals surface area contributed by atoms with Crippen LogP contribution in [0.1, 0.15) is 87.5 Å². The van der Waals surface area contributed by atoms with E-state index < -0.39 is 66.3 Å². The normalized spacial score (nSPS) is 10.9. The largest absolute Gasteiger partial charge is 1.00 e. The molecule has 0 radical (unpaired) electrons.